The SMILES string of the molecule is C=CCN(Cc1ccc(CCNC2CC2)cc1)C(C)(C)C. The van der Waals surface area contributed by atoms with Gasteiger partial charge in [0.1, 0.15) is 0 Å². The monoisotopic (exact) mass is 286 g/mol. The molecule has 0 heterocycles. The van der Waals surface area contributed by atoms with Gasteiger partial charge in [0.15, 0.2) is 0 Å². The van der Waals surface area contributed by atoms with E-state index in [9.17, 15) is 0 Å². The van der Waals surface area contributed by atoms with E-state index in [1.54, 1.807) is 0 Å². The van der Waals surface area contributed by atoms with Crippen molar-refractivity contribution >= 4 is 0 Å². The minimum atomic E-state index is 0.168. The van der Waals surface area contributed by atoms with Crippen molar-refractivity contribution in [3.8, 4) is 0 Å². The molecule has 0 radical (unpaired) electrons. The number of hydrogen-bond donors (Lipinski definition) is 1. The van der Waals surface area contributed by atoms with Crippen LogP contribution in [0.3, 0.4) is 0 Å². The summed E-state index contributed by atoms with van der Waals surface area (Å²) in [6, 6.07) is 9.91. The molecule has 21 heavy (non-hydrogen) atoms. The highest BCUT2D eigenvalue weighted by Gasteiger charge is 2.20. The van der Waals surface area contributed by atoms with Crippen molar-refractivity contribution in [1.82, 2.24) is 10.2 Å². The predicted molar refractivity (Wildman–Crippen MR) is 91.5 cm³/mol. The van der Waals surface area contributed by atoms with E-state index in [2.05, 4.69) is 61.8 Å². The van der Waals surface area contributed by atoms with Gasteiger partial charge in [-0.15, -0.1) is 6.58 Å². The Morgan fingerprint density at radius 1 is 1.19 bits per heavy atom. The summed E-state index contributed by atoms with van der Waals surface area (Å²) < 4.78 is 0. The van der Waals surface area contributed by atoms with E-state index >= 15 is 0 Å². The lowest BCUT2D eigenvalue weighted by molar-refractivity contribution is 0.145. The number of hydrogen-bond acceptors (Lipinski definition) is 2. The predicted octanol–water partition coefficient (Wildman–Crippen LogP) is 3.77. The van der Waals surface area contributed by atoms with Gasteiger partial charge in [0.2, 0.25) is 0 Å². The smallest absolute Gasteiger partial charge is 0.0242 e. The minimum absolute atomic E-state index is 0.168. The lowest BCUT2D eigenvalue weighted by atomic mass is 10.0. The molecule has 1 aromatic rings. The summed E-state index contributed by atoms with van der Waals surface area (Å²) in [4.78, 5) is 2.45. The van der Waals surface area contributed by atoms with Crippen molar-refractivity contribution in [1.29, 1.82) is 0 Å². The van der Waals surface area contributed by atoms with Crippen LogP contribution in [0, 0.1) is 0 Å². The average molecular weight is 286 g/mol. The fourth-order valence-corrected chi connectivity index (χ4v) is 2.47. The van der Waals surface area contributed by atoms with Gasteiger partial charge in [-0.1, -0.05) is 30.3 Å². The van der Waals surface area contributed by atoms with E-state index in [0.717, 1.165) is 32.1 Å². The third-order valence-corrected chi connectivity index (χ3v) is 4.12. The lowest BCUT2D eigenvalue weighted by Crippen LogP contribution is -2.40. The molecular formula is C19H30N2. The Hall–Kier alpha value is -1.12. The summed E-state index contributed by atoms with van der Waals surface area (Å²) in [7, 11) is 0. The highest BCUT2D eigenvalue weighted by molar-refractivity contribution is 5.23. The average Bonchev–Trinajstić information content (AvgIpc) is 3.23. The van der Waals surface area contributed by atoms with Crippen LogP contribution in [0.1, 0.15) is 44.7 Å². The van der Waals surface area contributed by atoms with E-state index in [0.29, 0.717) is 0 Å². The van der Waals surface area contributed by atoms with Gasteiger partial charge in [-0.05, 0) is 57.7 Å². The molecule has 1 saturated carbocycles. The molecule has 2 rings (SSSR count). The van der Waals surface area contributed by atoms with E-state index < -0.39 is 0 Å². The van der Waals surface area contributed by atoms with Crippen LogP contribution in [-0.2, 0) is 13.0 Å². The van der Waals surface area contributed by atoms with Crippen LogP contribution in [-0.4, -0.2) is 29.6 Å². The summed E-state index contributed by atoms with van der Waals surface area (Å²) in [6.45, 7) is 13.7. The van der Waals surface area contributed by atoms with Crippen LogP contribution in [0.25, 0.3) is 0 Å². The van der Waals surface area contributed by atoms with Gasteiger partial charge in [0, 0.05) is 24.7 Å². The van der Waals surface area contributed by atoms with Crippen LogP contribution < -0.4 is 5.32 Å². The zero-order valence-electron chi connectivity index (χ0n) is 13.9. The second kappa shape index (κ2) is 7.24. The third kappa shape index (κ3) is 5.64. The van der Waals surface area contributed by atoms with Crippen molar-refractivity contribution in [2.24, 2.45) is 0 Å². The molecule has 1 aliphatic carbocycles. The van der Waals surface area contributed by atoms with Crippen LogP contribution in [0.2, 0.25) is 0 Å². The van der Waals surface area contributed by atoms with Crippen molar-refractivity contribution < 1.29 is 0 Å². The van der Waals surface area contributed by atoms with Crippen LogP contribution in [0.5, 0.6) is 0 Å². The Bertz CT molecular complexity index is 438. The van der Waals surface area contributed by atoms with Crippen molar-refractivity contribution in [3.05, 3.63) is 48.0 Å². The van der Waals surface area contributed by atoms with Crippen LogP contribution >= 0.6 is 0 Å². The standard InChI is InChI=1S/C19H30N2/c1-5-14-21(19(2,3)4)15-17-8-6-16(7-9-17)12-13-20-18-10-11-18/h5-9,18,20H,1,10-15H2,2-4H3. The molecule has 0 amide bonds. The molecule has 0 atom stereocenters. The molecule has 1 aliphatic rings. The van der Waals surface area contributed by atoms with Crippen molar-refractivity contribution in [2.45, 2.75) is 58.2 Å². The first-order valence-electron chi connectivity index (χ1n) is 8.16. The molecule has 0 aliphatic heterocycles. The molecule has 1 aromatic carbocycles. The van der Waals surface area contributed by atoms with E-state index in [1.165, 1.54) is 24.0 Å². The largest absolute Gasteiger partial charge is 0.314 e. The quantitative estimate of drug-likeness (QED) is 0.732. The van der Waals surface area contributed by atoms with E-state index in [1.807, 2.05) is 6.08 Å². The van der Waals surface area contributed by atoms with Gasteiger partial charge in [-0.25, -0.2) is 0 Å². The summed E-state index contributed by atoms with van der Waals surface area (Å²) in [6.07, 6.45) is 5.85. The van der Waals surface area contributed by atoms with Gasteiger partial charge in [-0.2, -0.15) is 0 Å². The van der Waals surface area contributed by atoms with Crippen molar-refractivity contribution in [2.75, 3.05) is 13.1 Å². The Morgan fingerprint density at radius 2 is 1.81 bits per heavy atom. The Balaban J connectivity index is 1.86. The normalized spacial score (nSPS) is 15.4. The first-order chi connectivity index (χ1) is 9.99. The van der Waals surface area contributed by atoms with Gasteiger partial charge in [-0.3, -0.25) is 4.90 Å². The maximum absolute atomic E-state index is 3.87. The summed E-state index contributed by atoms with van der Waals surface area (Å²) in [5.74, 6) is 0. The number of nitrogens with one attached hydrogen (secondary N) is 1. The summed E-state index contributed by atoms with van der Waals surface area (Å²) in [5.41, 5.74) is 2.98. The van der Waals surface area contributed by atoms with Gasteiger partial charge < -0.3 is 5.32 Å². The zero-order valence-corrected chi connectivity index (χ0v) is 13.9. The van der Waals surface area contributed by atoms with Gasteiger partial charge in [0.25, 0.3) is 0 Å². The second-order valence-corrected chi connectivity index (χ2v) is 7.13. The molecule has 116 valence electrons. The molecular weight excluding hydrogens is 256 g/mol. The number of rotatable bonds is 8. The second-order valence-electron chi connectivity index (χ2n) is 7.13. The fraction of sp³-hybridized carbons (Fsp3) is 0.579. The Morgan fingerprint density at radius 3 is 2.33 bits per heavy atom. The van der Waals surface area contributed by atoms with Crippen LogP contribution in [0.4, 0.5) is 0 Å². The highest BCUT2D eigenvalue weighted by Crippen LogP contribution is 2.19. The topological polar surface area (TPSA) is 15.3 Å². The van der Waals surface area contributed by atoms with Gasteiger partial charge >= 0.3 is 0 Å². The van der Waals surface area contributed by atoms with Gasteiger partial charge in [0.05, 0.1) is 0 Å². The van der Waals surface area contributed by atoms with Crippen molar-refractivity contribution in [3.63, 3.8) is 0 Å². The molecule has 1 fully saturated rings. The molecule has 0 bridgehead atoms. The Labute approximate surface area is 130 Å². The molecule has 2 nitrogen and oxygen atoms in total. The van der Waals surface area contributed by atoms with E-state index in [-0.39, 0.29) is 5.54 Å². The summed E-state index contributed by atoms with van der Waals surface area (Å²) >= 11 is 0. The molecule has 0 saturated heterocycles. The third-order valence-electron chi connectivity index (χ3n) is 4.12. The molecule has 0 spiro atoms. The molecule has 2 heteroatoms. The first kappa shape index (κ1) is 16.3. The fourth-order valence-electron chi connectivity index (χ4n) is 2.47. The molecule has 1 N–H and O–H groups in total. The first-order valence-corrected chi connectivity index (χ1v) is 8.16. The maximum atomic E-state index is 3.87. The maximum Gasteiger partial charge on any atom is 0.0242 e. The highest BCUT2D eigenvalue weighted by atomic mass is 15.2. The lowest BCUT2D eigenvalue weighted by Gasteiger charge is -2.34. The van der Waals surface area contributed by atoms with E-state index in [4.69, 9.17) is 0 Å². The van der Waals surface area contributed by atoms with Crippen LogP contribution in [0.15, 0.2) is 36.9 Å². The number of nitrogens with zero attached hydrogens (tertiary/aromatic N) is 1. The summed E-state index contributed by atoms with van der Waals surface area (Å²) in [5, 5.41) is 3.57. The Kier molecular flexibility index (Phi) is 5.60. The minimum Gasteiger partial charge on any atom is -0.314 e. The molecule has 0 unspecified atom stereocenters. The zero-order chi connectivity index (χ0) is 15.3. The number of benzene rings is 1. The molecule has 0 aromatic heterocycles.